The first-order valence-corrected chi connectivity index (χ1v) is 11.1. The Kier molecular flexibility index (Phi) is 5.05. The Balaban J connectivity index is 1.45. The van der Waals surface area contributed by atoms with E-state index in [1.54, 1.807) is 12.3 Å². The van der Waals surface area contributed by atoms with E-state index in [2.05, 4.69) is 0 Å². The lowest BCUT2D eigenvalue weighted by atomic mass is 9.71. The molecular formula is C22H29N3O5. The third kappa shape index (κ3) is 3.21. The maximum absolute atomic E-state index is 13.6. The molecule has 1 aromatic rings. The van der Waals surface area contributed by atoms with E-state index in [-0.39, 0.29) is 35.6 Å². The minimum absolute atomic E-state index is 0.0190. The minimum Gasteiger partial charge on any atom is -0.459 e. The Morgan fingerprint density at radius 2 is 1.87 bits per heavy atom. The summed E-state index contributed by atoms with van der Waals surface area (Å²) in [5, 5.41) is 0. The molecule has 4 saturated heterocycles. The van der Waals surface area contributed by atoms with Gasteiger partial charge in [-0.1, -0.05) is 0 Å². The molecule has 0 aromatic carbocycles. The monoisotopic (exact) mass is 415 g/mol. The summed E-state index contributed by atoms with van der Waals surface area (Å²) in [6.07, 6.45) is 4.69. The smallest absolute Gasteiger partial charge is 0.289 e. The van der Waals surface area contributed by atoms with Gasteiger partial charge in [-0.3, -0.25) is 14.4 Å². The van der Waals surface area contributed by atoms with Crippen molar-refractivity contribution in [1.82, 2.24) is 14.7 Å². The molecule has 1 aromatic heterocycles. The molecule has 5 heterocycles. The lowest BCUT2D eigenvalue weighted by Gasteiger charge is -2.56. The van der Waals surface area contributed by atoms with Gasteiger partial charge in [0, 0.05) is 50.1 Å². The molecule has 3 amide bonds. The van der Waals surface area contributed by atoms with Crippen molar-refractivity contribution in [2.75, 3.05) is 39.4 Å². The number of rotatable bonds is 2. The van der Waals surface area contributed by atoms with Gasteiger partial charge in [0.25, 0.3) is 5.91 Å². The number of carbonyl (C=O) groups is 3. The van der Waals surface area contributed by atoms with Gasteiger partial charge in [-0.2, -0.15) is 0 Å². The highest BCUT2D eigenvalue weighted by atomic mass is 16.5. The molecule has 30 heavy (non-hydrogen) atoms. The van der Waals surface area contributed by atoms with Crippen LogP contribution in [0.3, 0.4) is 0 Å². The third-order valence-corrected chi connectivity index (χ3v) is 7.26. The molecule has 5 rings (SSSR count). The average Bonchev–Trinajstić information content (AvgIpc) is 3.20. The number of nitrogens with zero attached hydrogens (tertiary/aromatic N) is 3. The van der Waals surface area contributed by atoms with Crippen molar-refractivity contribution in [1.29, 1.82) is 0 Å². The molecule has 4 fully saturated rings. The van der Waals surface area contributed by atoms with Crippen LogP contribution in [0.25, 0.3) is 0 Å². The summed E-state index contributed by atoms with van der Waals surface area (Å²) in [7, 11) is 0. The summed E-state index contributed by atoms with van der Waals surface area (Å²) in [6.45, 7) is 5.15. The molecule has 0 radical (unpaired) electrons. The number of fused-ring (bicyclic) bond motifs is 4. The quantitative estimate of drug-likeness (QED) is 0.727. The fourth-order valence-corrected chi connectivity index (χ4v) is 5.85. The van der Waals surface area contributed by atoms with Crippen molar-refractivity contribution >= 4 is 17.7 Å². The summed E-state index contributed by atoms with van der Waals surface area (Å²) in [5.74, 6) is 0.542. The van der Waals surface area contributed by atoms with E-state index in [4.69, 9.17) is 9.15 Å². The van der Waals surface area contributed by atoms with Crippen molar-refractivity contribution in [3.63, 3.8) is 0 Å². The SMILES string of the molecule is Cc1ccoc1C(=O)N1C[C@H]2C[C@@H](C1)[C@H](C(=O)N1CCOCC1)N1C(=O)CCC[C@@H]21. The van der Waals surface area contributed by atoms with Gasteiger partial charge >= 0.3 is 0 Å². The highest BCUT2D eigenvalue weighted by Crippen LogP contribution is 2.42. The van der Waals surface area contributed by atoms with Gasteiger partial charge in [-0.05, 0) is 38.2 Å². The first-order chi connectivity index (χ1) is 14.5. The Bertz CT molecular complexity index is 846. The van der Waals surface area contributed by atoms with Gasteiger partial charge in [-0.15, -0.1) is 0 Å². The third-order valence-electron chi connectivity index (χ3n) is 7.26. The van der Waals surface area contributed by atoms with Gasteiger partial charge in [0.2, 0.25) is 11.8 Å². The van der Waals surface area contributed by atoms with E-state index in [0.717, 1.165) is 24.8 Å². The Labute approximate surface area is 176 Å². The fraction of sp³-hybridized carbons (Fsp3) is 0.682. The maximum Gasteiger partial charge on any atom is 0.289 e. The molecule has 0 N–H and O–H groups in total. The molecule has 2 bridgehead atoms. The molecule has 0 unspecified atom stereocenters. The maximum atomic E-state index is 13.6. The van der Waals surface area contributed by atoms with Crippen LogP contribution >= 0.6 is 0 Å². The number of likely N-dealkylation sites (tertiary alicyclic amines) is 1. The van der Waals surface area contributed by atoms with Crippen LogP contribution in [0, 0.1) is 18.8 Å². The van der Waals surface area contributed by atoms with Crippen LogP contribution in [0.1, 0.15) is 41.8 Å². The number of piperidine rings is 3. The summed E-state index contributed by atoms with van der Waals surface area (Å²) in [6, 6.07) is 1.35. The van der Waals surface area contributed by atoms with E-state index in [1.807, 2.05) is 21.6 Å². The van der Waals surface area contributed by atoms with Crippen molar-refractivity contribution < 1.29 is 23.5 Å². The van der Waals surface area contributed by atoms with Gasteiger partial charge in [0.15, 0.2) is 5.76 Å². The summed E-state index contributed by atoms with van der Waals surface area (Å²) < 4.78 is 10.9. The highest BCUT2D eigenvalue weighted by Gasteiger charge is 2.53. The van der Waals surface area contributed by atoms with E-state index in [1.165, 1.54) is 0 Å². The van der Waals surface area contributed by atoms with Gasteiger partial charge in [-0.25, -0.2) is 0 Å². The van der Waals surface area contributed by atoms with Crippen molar-refractivity contribution in [2.24, 2.45) is 11.8 Å². The molecule has 0 saturated carbocycles. The highest BCUT2D eigenvalue weighted by molar-refractivity contribution is 5.93. The second kappa shape index (κ2) is 7.72. The zero-order chi connectivity index (χ0) is 20.8. The standard InChI is InChI=1S/C22H29N3O5/c1-14-5-8-30-20(14)22(28)24-12-15-11-16(13-24)19(21(27)23-6-9-29-10-7-23)25-17(15)3-2-4-18(25)26/h5,8,15-17,19H,2-4,6-7,9-13H2,1H3/t15-,16+,17+,19-/m1/s1. The summed E-state index contributed by atoms with van der Waals surface area (Å²) in [4.78, 5) is 45.3. The van der Waals surface area contributed by atoms with Gasteiger partial charge in [0.1, 0.15) is 6.04 Å². The first kappa shape index (κ1) is 19.6. The van der Waals surface area contributed by atoms with E-state index in [0.29, 0.717) is 51.6 Å². The van der Waals surface area contributed by atoms with Gasteiger partial charge < -0.3 is 23.9 Å². The zero-order valence-corrected chi connectivity index (χ0v) is 17.4. The van der Waals surface area contributed by atoms with E-state index < -0.39 is 6.04 Å². The minimum atomic E-state index is -0.481. The first-order valence-electron chi connectivity index (χ1n) is 11.1. The topological polar surface area (TPSA) is 83.3 Å². The molecule has 0 aliphatic carbocycles. The second-order valence-corrected chi connectivity index (χ2v) is 9.04. The van der Waals surface area contributed by atoms with Crippen LogP contribution in [0.4, 0.5) is 0 Å². The van der Waals surface area contributed by atoms with Crippen molar-refractivity contribution in [2.45, 2.75) is 44.7 Å². The largest absolute Gasteiger partial charge is 0.459 e. The predicted octanol–water partition coefficient (Wildman–Crippen LogP) is 1.29. The molecule has 4 aliphatic rings. The van der Waals surface area contributed by atoms with Crippen LogP contribution in [0.5, 0.6) is 0 Å². The number of amides is 3. The van der Waals surface area contributed by atoms with Gasteiger partial charge in [0.05, 0.1) is 19.5 Å². The zero-order valence-electron chi connectivity index (χ0n) is 17.4. The van der Waals surface area contributed by atoms with Crippen LogP contribution in [0.15, 0.2) is 16.7 Å². The molecule has 162 valence electrons. The molecule has 8 nitrogen and oxygen atoms in total. The summed E-state index contributed by atoms with van der Waals surface area (Å²) >= 11 is 0. The number of furan rings is 1. The van der Waals surface area contributed by atoms with Crippen LogP contribution in [-0.2, 0) is 14.3 Å². The number of aryl methyl sites for hydroxylation is 1. The Morgan fingerprint density at radius 1 is 1.10 bits per heavy atom. The average molecular weight is 415 g/mol. The second-order valence-electron chi connectivity index (χ2n) is 9.04. The molecular weight excluding hydrogens is 386 g/mol. The Hall–Kier alpha value is -2.35. The summed E-state index contributed by atoms with van der Waals surface area (Å²) in [5.41, 5.74) is 0.825. The molecule has 8 heteroatoms. The number of hydrogen-bond donors (Lipinski definition) is 0. The van der Waals surface area contributed by atoms with E-state index in [9.17, 15) is 14.4 Å². The molecule has 4 aliphatic heterocycles. The lowest BCUT2D eigenvalue weighted by Crippen LogP contribution is -2.69. The number of hydrogen-bond acceptors (Lipinski definition) is 5. The number of morpholine rings is 1. The lowest BCUT2D eigenvalue weighted by molar-refractivity contribution is -0.166. The number of carbonyl (C=O) groups excluding carboxylic acids is 3. The Morgan fingerprint density at radius 3 is 2.60 bits per heavy atom. The van der Waals surface area contributed by atoms with Crippen LogP contribution in [0.2, 0.25) is 0 Å². The van der Waals surface area contributed by atoms with Crippen LogP contribution in [-0.4, -0.2) is 83.9 Å². The number of ether oxygens (including phenoxy) is 1. The molecule has 0 spiro atoms. The van der Waals surface area contributed by atoms with E-state index >= 15 is 0 Å². The molecule has 4 atom stereocenters. The van der Waals surface area contributed by atoms with Crippen molar-refractivity contribution in [3.05, 3.63) is 23.7 Å². The normalized spacial score (nSPS) is 31.5. The fourth-order valence-electron chi connectivity index (χ4n) is 5.85. The van der Waals surface area contributed by atoms with Crippen molar-refractivity contribution in [3.8, 4) is 0 Å². The van der Waals surface area contributed by atoms with Crippen LogP contribution < -0.4 is 0 Å². The predicted molar refractivity (Wildman–Crippen MR) is 107 cm³/mol.